The van der Waals surface area contributed by atoms with Crippen LogP contribution in [0, 0.1) is 0 Å². The lowest BCUT2D eigenvalue weighted by Gasteiger charge is -2.21. The first kappa shape index (κ1) is 14.2. The molecule has 18 heavy (non-hydrogen) atoms. The Hall–Kier alpha value is -1.88. The monoisotopic (exact) mass is 250 g/mol. The number of amides is 2. The summed E-state index contributed by atoms with van der Waals surface area (Å²) in [6.07, 6.45) is 1.75. The van der Waals surface area contributed by atoms with Crippen LogP contribution in [-0.2, 0) is 4.79 Å². The maximum atomic E-state index is 12.2. The van der Waals surface area contributed by atoms with Crippen LogP contribution in [0.3, 0.4) is 0 Å². The molecule has 0 radical (unpaired) electrons. The van der Waals surface area contributed by atoms with Crippen LogP contribution in [0.5, 0.6) is 0 Å². The largest absolute Gasteiger partial charge is 0.329 e. The molecule has 0 spiro atoms. The number of hydroxylamine groups is 1. The molecule has 0 atom stereocenters. The smallest absolute Gasteiger partial charge is 0.262 e. The maximum absolute atomic E-state index is 12.2. The highest BCUT2D eigenvalue weighted by Crippen LogP contribution is 2.06. The Balaban J connectivity index is 2.75. The number of unbranched alkanes of at least 4 members (excludes halogenated alkanes) is 1. The molecule has 0 bridgehead atoms. The summed E-state index contributed by atoms with van der Waals surface area (Å²) in [6, 6.07) is 8.79. The molecule has 0 aliphatic heterocycles. The normalized spacial score (nSPS) is 9.89. The lowest BCUT2D eigenvalue weighted by Crippen LogP contribution is -2.40. The van der Waals surface area contributed by atoms with Gasteiger partial charge in [0, 0.05) is 12.1 Å². The Morgan fingerprint density at radius 3 is 2.50 bits per heavy atom. The molecule has 0 unspecified atom stereocenters. The van der Waals surface area contributed by atoms with Crippen LogP contribution in [0.15, 0.2) is 30.3 Å². The SMILES string of the molecule is CCCCN(CC(=O)NO)C(=O)c1ccccc1. The average molecular weight is 250 g/mol. The minimum absolute atomic E-state index is 0.135. The minimum Gasteiger partial charge on any atom is -0.329 e. The first-order chi connectivity index (χ1) is 8.69. The predicted octanol–water partition coefficient (Wildman–Crippen LogP) is 1.43. The Morgan fingerprint density at radius 1 is 1.28 bits per heavy atom. The van der Waals surface area contributed by atoms with Gasteiger partial charge in [-0.3, -0.25) is 14.8 Å². The third-order valence-electron chi connectivity index (χ3n) is 2.55. The zero-order valence-corrected chi connectivity index (χ0v) is 10.4. The topological polar surface area (TPSA) is 69.6 Å². The van der Waals surface area contributed by atoms with Gasteiger partial charge in [0.1, 0.15) is 6.54 Å². The summed E-state index contributed by atoms with van der Waals surface area (Å²) < 4.78 is 0. The average Bonchev–Trinajstić information content (AvgIpc) is 2.43. The molecular weight excluding hydrogens is 232 g/mol. The molecule has 0 saturated heterocycles. The zero-order valence-electron chi connectivity index (χ0n) is 10.4. The Labute approximate surface area is 106 Å². The van der Waals surface area contributed by atoms with Crippen LogP contribution in [0.4, 0.5) is 0 Å². The molecule has 5 heteroatoms. The standard InChI is InChI=1S/C13H18N2O3/c1-2-3-9-15(10-12(16)14-18)13(17)11-7-5-4-6-8-11/h4-8,18H,2-3,9-10H2,1H3,(H,14,16). The van der Waals surface area contributed by atoms with E-state index >= 15 is 0 Å². The lowest BCUT2D eigenvalue weighted by atomic mass is 10.2. The van der Waals surface area contributed by atoms with Crippen molar-refractivity contribution in [2.24, 2.45) is 0 Å². The molecule has 0 heterocycles. The number of benzene rings is 1. The summed E-state index contributed by atoms with van der Waals surface area (Å²) in [4.78, 5) is 24.8. The molecule has 98 valence electrons. The van der Waals surface area contributed by atoms with E-state index in [0.717, 1.165) is 12.8 Å². The van der Waals surface area contributed by atoms with Gasteiger partial charge in [-0.15, -0.1) is 0 Å². The second-order valence-electron chi connectivity index (χ2n) is 3.98. The summed E-state index contributed by atoms with van der Waals surface area (Å²) in [6.45, 7) is 2.37. The molecule has 0 aromatic heterocycles. The molecule has 0 fully saturated rings. The van der Waals surface area contributed by atoms with Crippen molar-refractivity contribution in [2.45, 2.75) is 19.8 Å². The van der Waals surface area contributed by atoms with Crippen molar-refractivity contribution in [3.63, 3.8) is 0 Å². The number of carbonyl (C=O) groups excluding carboxylic acids is 2. The Kier molecular flexibility index (Phi) is 5.87. The van der Waals surface area contributed by atoms with Gasteiger partial charge in [0.25, 0.3) is 11.8 Å². The molecular formula is C13H18N2O3. The molecule has 1 aromatic rings. The number of carbonyl (C=O) groups is 2. The third kappa shape index (κ3) is 4.18. The van der Waals surface area contributed by atoms with E-state index in [-0.39, 0.29) is 12.5 Å². The van der Waals surface area contributed by atoms with E-state index in [0.29, 0.717) is 12.1 Å². The summed E-state index contributed by atoms with van der Waals surface area (Å²) in [5.74, 6) is -0.789. The number of hydrogen-bond donors (Lipinski definition) is 2. The van der Waals surface area contributed by atoms with E-state index in [1.165, 1.54) is 4.90 Å². The fourth-order valence-corrected chi connectivity index (χ4v) is 1.57. The van der Waals surface area contributed by atoms with Gasteiger partial charge in [0.2, 0.25) is 0 Å². The van der Waals surface area contributed by atoms with Crippen LogP contribution >= 0.6 is 0 Å². The second-order valence-corrected chi connectivity index (χ2v) is 3.98. The summed E-state index contributed by atoms with van der Waals surface area (Å²) in [7, 11) is 0. The molecule has 0 aliphatic rings. The Bertz CT molecular complexity index is 392. The fourth-order valence-electron chi connectivity index (χ4n) is 1.57. The summed E-state index contributed by atoms with van der Waals surface area (Å²) in [5, 5.41) is 8.52. The van der Waals surface area contributed by atoms with Gasteiger partial charge in [-0.25, -0.2) is 5.48 Å². The van der Waals surface area contributed by atoms with E-state index in [1.807, 2.05) is 13.0 Å². The van der Waals surface area contributed by atoms with Crippen molar-refractivity contribution in [3.05, 3.63) is 35.9 Å². The zero-order chi connectivity index (χ0) is 13.4. The van der Waals surface area contributed by atoms with Gasteiger partial charge < -0.3 is 4.90 Å². The van der Waals surface area contributed by atoms with Crippen molar-refractivity contribution >= 4 is 11.8 Å². The third-order valence-corrected chi connectivity index (χ3v) is 2.55. The van der Waals surface area contributed by atoms with E-state index in [9.17, 15) is 9.59 Å². The molecule has 2 N–H and O–H groups in total. The van der Waals surface area contributed by atoms with E-state index in [4.69, 9.17) is 5.21 Å². The number of hydrogen-bond acceptors (Lipinski definition) is 3. The second kappa shape index (κ2) is 7.45. The van der Waals surface area contributed by atoms with Crippen molar-refractivity contribution in [1.29, 1.82) is 0 Å². The number of nitrogens with zero attached hydrogens (tertiary/aromatic N) is 1. The van der Waals surface area contributed by atoms with E-state index in [2.05, 4.69) is 0 Å². The minimum atomic E-state index is -0.588. The molecule has 1 aromatic carbocycles. The lowest BCUT2D eigenvalue weighted by molar-refractivity contribution is -0.129. The van der Waals surface area contributed by atoms with E-state index < -0.39 is 5.91 Å². The Morgan fingerprint density at radius 2 is 1.94 bits per heavy atom. The van der Waals surface area contributed by atoms with E-state index in [1.54, 1.807) is 29.7 Å². The van der Waals surface area contributed by atoms with Crippen LogP contribution < -0.4 is 5.48 Å². The number of rotatable bonds is 6. The van der Waals surface area contributed by atoms with Gasteiger partial charge >= 0.3 is 0 Å². The quantitative estimate of drug-likeness (QED) is 0.593. The van der Waals surface area contributed by atoms with Crippen LogP contribution in [-0.4, -0.2) is 35.0 Å². The van der Waals surface area contributed by atoms with Crippen LogP contribution in [0.2, 0.25) is 0 Å². The fraction of sp³-hybridized carbons (Fsp3) is 0.385. The van der Waals surface area contributed by atoms with Crippen molar-refractivity contribution < 1.29 is 14.8 Å². The van der Waals surface area contributed by atoms with Crippen LogP contribution in [0.1, 0.15) is 30.1 Å². The molecule has 1 rings (SSSR count). The summed E-state index contributed by atoms with van der Waals surface area (Å²) >= 11 is 0. The number of nitrogens with one attached hydrogen (secondary N) is 1. The van der Waals surface area contributed by atoms with Gasteiger partial charge in [0.15, 0.2) is 0 Å². The highest BCUT2D eigenvalue weighted by atomic mass is 16.5. The van der Waals surface area contributed by atoms with Gasteiger partial charge in [-0.1, -0.05) is 31.5 Å². The highest BCUT2D eigenvalue weighted by molar-refractivity contribution is 5.96. The molecule has 0 saturated carbocycles. The molecule has 5 nitrogen and oxygen atoms in total. The van der Waals surface area contributed by atoms with Crippen LogP contribution in [0.25, 0.3) is 0 Å². The highest BCUT2D eigenvalue weighted by Gasteiger charge is 2.17. The van der Waals surface area contributed by atoms with Crippen molar-refractivity contribution in [1.82, 2.24) is 10.4 Å². The van der Waals surface area contributed by atoms with Gasteiger partial charge in [-0.05, 0) is 18.6 Å². The molecule has 0 aliphatic carbocycles. The predicted molar refractivity (Wildman–Crippen MR) is 67.2 cm³/mol. The van der Waals surface area contributed by atoms with Crippen molar-refractivity contribution in [2.75, 3.05) is 13.1 Å². The van der Waals surface area contributed by atoms with Gasteiger partial charge in [0.05, 0.1) is 0 Å². The first-order valence-electron chi connectivity index (χ1n) is 5.96. The first-order valence-corrected chi connectivity index (χ1v) is 5.96. The van der Waals surface area contributed by atoms with Crippen molar-refractivity contribution in [3.8, 4) is 0 Å². The maximum Gasteiger partial charge on any atom is 0.262 e. The summed E-state index contributed by atoms with van der Waals surface area (Å²) in [5.41, 5.74) is 2.09. The molecule has 2 amide bonds. The van der Waals surface area contributed by atoms with Gasteiger partial charge in [-0.2, -0.15) is 0 Å².